The second kappa shape index (κ2) is 6.48. The fourth-order valence-corrected chi connectivity index (χ4v) is 3.01. The van der Waals surface area contributed by atoms with Crippen LogP contribution in [0.4, 0.5) is 13.2 Å². The maximum absolute atomic E-state index is 13.5. The second-order valence-electron chi connectivity index (χ2n) is 6.08. The summed E-state index contributed by atoms with van der Waals surface area (Å²) in [5.41, 5.74) is 3.20. The van der Waals surface area contributed by atoms with Crippen LogP contribution in [0, 0.1) is 13.8 Å². The Morgan fingerprint density at radius 3 is 2.38 bits per heavy atom. The minimum absolute atomic E-state index is 0.0431. The molecule has 0 amide bonds. The normalized spacial score (nSPS) is 11.8. The van der Waals surface area contributed by atoms with Gasteiger partial charge in [0.25, 0.3) is 0 Å². The number of fused-ring (bicyclic) bond motifs is 1. The van der Waals surface area contributed by atoms with Crippen molar-refractivity contribution in [2.45, 2.75) is 26.6 Å². The first-order chi connectivity index (χ1) is 12.2. The molecule has 3 aromatic rings. The highest BCUT2D eigenvalue weighted by atomic mass is 19.4. The number of rotatable bonds is 3. The number of ether oxygens (including phenoxy) is 1. The molecule has 7 heteroatoms. The van der Waals surface area contributed by atoms with Gasteiger partial charge in [0, 0.05) is 0 Å². The molecule has 1 aromatic heterocycles. The molecule has 0 aliphatic heterocycles. The Morgan fingerprint density at radius 2 is 1.81 bits per heavy atom. The van der Waals surface area contributed by atoms with Crippen LogP contribution in [0.25, 0.3) is 11.0 Å². The topological polar surface area (TPSA) is 44.1 Å². The van der Waals surface area contributed by atoms with E-state index in [4.69, 9.17) is 0 Å². The summed E-state index contributed by atoms with van der Waals surface area (Å²) in [5, 5.41) is 0. The minimum Gasteiger partial charge on any atom is -0.465 e. The third kappa shape index (κ3) is 3.16. The zero-order valence-electron chi connectivity index (χ0n) is 14.5. The molecule has 0 N–H and O–H groups in total. The summed E-state index contributed by atoms with van der Waals surface area (Å²) < 4.78 is 46.4. The molecule has 0 aliphatic carbocycles. The number of nitrogens with zero attached hydrogens (tertiary/aromatic N) is 2. The Kier molecular flexibility index (Phi) is 4.48. The SMILES string of the molecule is COC(=O)c1ccc2c(c1)nc(C(F)(F)F)n2Cc1c(C)cccc1C. The fraction of sp³-hybridized carbons (Fsp3) is 0.263. The zero-order valence-corrected chi connectivity index (χ0v) is 14.5. The number of hydrogen-bond acceptors (Lipinski definition) is 3. The number of imidazole rings is 1. The number of alkyl halides is 3. The van der Waals surface area contributed by atoms with E-state index in [-0.39, 0.29) is 17.6 Å². The molecule has 0 atom stereocenters. The average molecular weight is 362 g/mol. The molecule has 0 saturated carbocycles. The first kappa shape index (κ1) is 18.0. The van der Waals surface area contributed by atoms with Gasteiger partial charge in [0.1, 0.15) is 0 Å². The summed E-state index contributed by atoms with van der Waals surface area (Å²) in [7, 11) is 1.22. The molecule has 4 nitrogen and oxygen atoms in total. The van der Waals surface area contributed by atoms with Crippen LogP contribution >= 0.6 is 0 Å². The van der Waals surface area contributed by atoms with Gasteiger partial charge in [-0.1, -0.05) is 18.2 Å². The Labute approximate surface area is 148 Å². The van der Waals surface area contributed by atoms with Crippen molar-refractivity contribution in [2.75, 3.05) is 7.11 Å². The molecule has 0 radical (unpaired) electrons. The van der Waals surface area contributed by atoms with Gasteiger partial charge in [0.2, 0.25) is 5.82 Å². The largest absolute Gasteiger partial charge is 0.465 e. The van der Waals surface area contributed by atoms with E-state index in [0.717, 1.165) is 21.3 Å². The van der Waals surface area contributed by atoms with Crippen molar-refractivity contribution in [1.29, 1.82) is 0 Å². The number of hydrogen-bond donors (Lipinski definition) is 0. The minimum atomic E-state index is -4.61. The summed E-state index contributed by atoms with van der Waals surface area (Å²) >= 11 is 0. The molecule has 136 valence electrons. The molecule has 0 saturated heterocycles. The third-order valence-electron chi connectivity index (χ3n) is 4.38. The van der Waals surface area contributed by atoms with E-state index in [9.17, 15) is 18.0 Å². The van der Waals surface area contributed by atoms with Crippen molar-refractivity contribution >= 4 is 17.0 Å². The van der Waals surface area contributed by atoms with Gasteiger partial charge < -0.3 is 9.30 Å². The Balaban J connectivity index is 2.20. The monoisotopic (exact) mass is 362 g/mol. The van der Waals surface area contributed by atoms with Crippen molar-refractivity contribution in [3.8, 4) is 0 Å². The number of halogens is 3. The number of methoxy groups -OCH3 is 1. The molecule has 26 heavy (non-hydrogen) atoms. The number of carbonyl (C=O) groups excluding carboxylic acids is 1. The standard InChI is InChI=1S/C19H17F3N2O2/c1-11-5-4-6-12(2)14(11)10-24-16-8-7-13(17(25)26-3)9-15(16)23-18(24)19(20,21)22/h4-9H,10H2,1-3H3. The van der Waals surface area contributed by atoms with Crippen LogP contribution in [0.2, 0.25) is 0 Å². The average Bonchev–Trinajstić information content (AvgIpc) is 2.95. The summed E-state index contributed by atoms with van der Waals surface area (Å²) in [4.78, 5) is 15.4. The Hall–Kier alpha value is -2.83. The van der Waals surface area contributed by atoms with Gasteiger partial charge in [-0.3, -0.25) is 0 Å². The van der Waals surface area contributed by atoms with Crippen molar-refractivity contribution in [3.63, 3.8) is 0 Å². The van der Waals surface area contributed by atoms with E-state index in [0.29, 0.717) is 5.52 Å². The molecular weight excluding hydrogens is 345 g/mol. The van der Waals surface area contributed by atoms with Crippen LogP contribution in [0.15, 0.2) is 36.4 Å². The molecule has 2 aromatic carbocycles. The second-order valence-corrected chi connectivity index (χ2v) is 6.08. The lowest BCUT2D eigenvalue weighted by Crippen LogP contribution is -2.16. The van der Waals surface area contributed by atoms with Crippen molar-refractivity contribution in [2.24, 2.45) is 0 Å². The maximum atomic E-state index is 13.5. The first-order valence-corrected chi connectivity index (χ1v) is 7.93. The zero-order chi connectivity index (χ0) is 19.1. The number of benzene rings is 2. The Morgan fingerprint density at radius 1 is 1.15 bits per heavy atom. The molecule has 0 spiro atoms. The van der Waals surface area contributed by atoms with Crippen molar-refractivity contribution in [1.82, 2.24) is 9.55 Å². The lowest BCUT2D eigenvalue weighted by Gasteiger charge is -2.15. The van der Waals surface area contributed by atoms with Crippen LogP contribution in [-0.2, 0) is 17.5 Å². The van der Waals surface area contributed by atoms with Gasteiger partial charge in [-0.25, -0.2) is 9.78 Å². The smallest absolute Gasteiger partial charge is 0.449 e. The van der Waals surface area contributed by atoms with Crippen LogP contribution < -0.4 is 0 Å². The van der Waals surface area contributed by atoms with Gasteiger partial charge in [-0.05, 0) is 48.7 Å². The summed E-state index contributed by atoms with van der Waals surface area (Å²) in [6, 6.07) is 9.83. The Bertz CT molecular complexity index is 970. The molecule has 1 heterocycles. The molecular formula is C19H17F3N2O2. The number of aryl methyl sites for hydroxylation is 2. The first-order valence-electron chi connectivity index (χ1n) is 7.93. The van der Waals surface area contributed by atoms with E-state index in [1.165, 1.54) is 25.3 Å². The van der Waals surface area contributed by atoms with Gasteiger partial charge in [0.15, 0.2) is 0 Å². The van der Waals surface area contributed by atoms with Crippen molar-refractivity contribution in [3.05, 3.63) is 64.5 Å². The van der Waals surface area contributed by atoms with E-state index in [1.54, 1.807) is 0 Å². The van der Waals surface area contributed by atoms with Gasteiger partial charge in [-0.15, -0.1) is 0 Å². The van der Waals surface area contributed by atoms with Crippen molar-refractivity contribution < 1.29 is 22.7 Å². The quantitative estimate of drug-likeness (QED) is 0.644. The van der Waals surface area contributed by atoms with Crippen LogP contribution in [0.1, 0.15) is 32.9 Å². The van der Waals surface area contributed by atoms with E-state index >= 15 is 0 Å². The lowest BCUT2D eigenvalue weighted by atomic mass is 10.0. The van der Waals surface area contributed by atoms with Gasteiger partial charge >= 0.3 is 12.1 Å². The maximum Gasteiger partial charge on any atom is 0.449 e. The van der Waals surface area contributed by atoms with Gasteiger partial charge in [0.05, 0.1) is 30.3 Å². The number of aromatic nitrogens is 2. The summed E-state index contributed by atoms with van der Waals surface area (Å²) in [5.74, 6) is -1.61. The van der Waals surface area contributed by atoms with E-state index in [1.807, 2.05) is 32.0 Å². The predicted molar refractivity (Wildman–Crippen MR) is 91.1 cm³/mol. The number of carbonyl (C=O) groups is 1. The highest BCUT2D eigenvalue weighted by Gasteiger charge is 2.37. The summed E-state index contributed by atoms with van der Waals surface area (Å²) in [6.07, 6.45) is -4.61. The molecule has 0 aliphatic rings. The number of esters is 1. The van der Waals surface area contributed by atoms with Gasteiger partial charge in [-0.2, -0.15) is 13.2 Å². The summed E-state index contributed by atoms with van der Waals surface area (Å²) in [6.45, 7) is 3.77. The predicted octanol–water partition coefficient (Wildman–Crippen LogP) is 4.51. The molecule has 3 rings (SSSR count). The lowest BCUT2D eigenvalue weighted by molar-refractivity contribution is -0.146. The molecule has 0 fully saturated rings. The van der Waals surface area contributed by atoms with Crippen LogP contribution in [0.3, 0.4) is 0 Å². The molecule has 0 unspecified atom stereocenters. The van der Waals surface area contributed by atoms with E-state index in [2.05, 4.69) is 9.72 Å². The fourth-order valence-electron chi connectivity index (χ4n) is 3.01. The van der Waals surface area contributed by atoms with E-state index < -0.39 is 18.0 Å². The third-order valence-corrected chi connectivity index (χ3v) is 4.38. The van der Waals surface area contributed by atoms with Crippen LogP contribution in [-0.4, -0.2) is 22.6 Å². The highest BCUT2D eigenvalue weighted by Crippen LogP contribution is 2.33. The highest BCUT2D eigenvalue weighted by molar-refractivity contribution is 5.93. The molecule has 0 bridgehead atoms. The van der Waals surface area contributed by atoms with Crippen LogP contribution in [0.5, 0.6) is 0 Å².